The number of hydrogen-bond acceptors (Lipinski definition) is 9. The predicted molar refractivity (Wildman–Crippen MR) is 243 cm³/mol. The van der Waals surface area contributed by atoms with Crippen molar-refractivity contribution >= 4 is 17.9 Å². The number of rotatable bonds is 13. The van der Waals surface area contributed by atoms with Crippen LogP contribution in [0.3, 0.4) is 0 Å². The summed E-state index contributed by atoms with van der Waals surface area (Å²) in [6.45, 7) is 3.93. The van der Waals surface area contributed by atoms with Gasteiger partial charge in [-0.15, -0.1) is 0 Å². The first-order valence-corrected chi connectivity index (χ1v) is 22.2. The lowest BCUT2D eigenvalue weighted by Gasteiger charge is -2.31. The number of amides is 3. The first-order valence-electron chi connectivity index (χ1n) is 22.2. The van der Waals surface area contributed by atoms with Crippen LogP contribution in [0.25, 0.3) is 33.6 Å². The van der Waals surface area contributed by atoms with Gasteiger partial charge in [0.15, 0.2) is 0 Å². The summed E-state index contributed by atoms with van der Waals surface area (Å²) in [5.74, 6) is 1.53. The number of hydrogen-bond donors (Lipinski definition) is 3. The SMILES string of the molecule is CN(C)[C@@H](C(=O)N1CCC[C@H]1c1ncc(-c2ccc(-c3ccc(-c4cnc([C@@H]5COC(CCC(=O)N6CCNCC6)N5C(=O)OCc5ccccc5)[nH]4)cc3)cc2)[nH]1)c1ccccc1. The van der Waals surface area contributed by atoms with Crippen LogP contribution in [0.5, 0.6) is 0 Å². The van der Waals surface area contributed by atoms with Gasteiger partial charge in [0.1, 0.15) is 36.6 Å². The van der Waals surface area contributed by atoms with Gasteiger partial charge in [0.05, 0.1) is 36.4 Å². The largest absolute Gasteiger partial charge is 0.444 e. The Bertz CT molecular complexity index is 2500. The van der Waals surface area contributed by atoms with Gasteiger partial charge in [-0.05, 0) is 60.3 Å². The van der Waals surface area contributed by atoms with Crippen molar-refractivity contribution in [3.63, 3.8) is 0 Å². The number of piperazine rings is 1. The number of likely N-dealkylation sites (N-methyl/N-ethyl adjacent to an activating group) is 1. The van der Waals surface area contributed by atoms with Crippen LogP contribution in [0.2, 0.25) is 0 Å². The second-order valence-corrected chi connectivity index (χ2v) is 16.9. The van der Waals surface area contributed by atoms with Crippen molar-refractivity contribution < 1.29 is 23.9 Å². The number of likely N-dealkylation sites (tertiary alicyclic amines) is 1. The number of aromatic nitrogens is 4. The highest BCUT2D eigenvalue weighted by atomic mass is 16.6. The fourth-order valence-corrected chi connectivity index (χ4v) is 9.11. The number of carbonyl (C=O) groups is 3. The molecule has 3 N–H and O–H groups in total. The van der Waals surface area contributed by atoms with E-state index in [1.54, 1.807) is 11.1 Å². The normalized spacial score (nSPS) is 19.3. The standard InChI is InChI=1S/C50H55N9O5/c1-56(2)46(39-12-7-4-8-13-39)49(61)58-27-9-14-42(58)47-52-30-40(54-47)37-19-15-35(16-20-37)36-17-21-38(22-18-36)41-31-53-48(55-41)43-33-63-45(24-23-44(60)57-28-25-51-26-29-57)59(43)50(62)64-32-34-10-5-3-6-11-34/h3-8,10-13,15-22,30-31,42-43,45-46,51H,9,14,23-29,32-33H2,1-2H3,(H,52,54)(H,53,55)/t42-,43-,45?,46+/m0/s1. The van der Waals surface area contributed by atoms with Crippen LogP contribution in [0.1, 0.15) is 66.6 Å². The zero-order chi connectivity index (χ0) is 44.0. The van der Waals surface area contributed by atoms with E-state index in [1.165, 1.54) is 0 Å². The number of benzene rings is 4. The molecule has 3 aliphatic rings. The molecule has 5 heterocycles. The molecule has 0 spiro atoms. The van der Waals surface area contributed by atoms with Gasteiger partial charge in [-0.3, -0.25) is 19.4 Å². The molecule has 3 aliphatic heterocycles. The van der Waals surface area contributed by atoms with E-state index in [1.807, 2.05) is 95.7 Å². The molecular weight excluding hydrogens is 807 g/mol. The number of nitrogens with one attached hydrogen (secondary N) is 3. The molecule has 6 aromatic rings. The Morgan fingerprint density at radius 1 is 0.750 bits per heavy atom. The zero-order valence-electron chi connectivity index (χ0n) is 36.4. The lowest BCUT2D eigenvalue weighted by molar-refractivity contribution is -0.137. The summed E-state index contributed by atoms with van der Waals surface area (Å²) < 4.78 is 12.0. The maximum Gasteiger partial charge on any atom is 0.412 e. The minimum absolute atomic E-state index is 0.0529. The zero-order valence-corrected chi connectivity index (χ0v) is 36.4. The summed E-state index contributed by atoms with van der Waals surface area (Å²) in [5.41, 5.74) is 7.66. The molecule has 3 fully saturated rings. The molecule has 0 aliphatic carbocycles. The molecule has 9 rings (SSSR count). The molecule has 3 amide bonds. The Morgan fingerprint density at radius 3 is 1.94 bits per heavy atom. The van der Waals surface area contributed by atoms with E-state index in [0.717, 1.165) is 76.5 Å². The predicted octanol–water partition coefficient (Wildman–Crippen LogP) is 7.35. The average molecular weight is 862 g/mol. The number of ether oxygens (including phenoxy) is 2. The number of H-pyrrole nitrogens is 2. The van der Waals surface area contributed by atoms with Crippen LogP contribution < -0.4 is 5.32 Å². The van der Waals surface area contributed by atoms with Crippen molar-refractivity contribution in [3.8, 4) is 33.6 Å². The average Bonchev–Trinajstić information content (AvgIpc) is 4.19. The van der Waals surface area contributed by atoms with Crippen LogP contribution >= 0.6 is 0 Å². The van der Waals surface area contributed by atoms with Gasteiger partial charge in [-0.1, -0.05) is 109 Å². The van der Waals surface area contributed by atoms with Gasteiger partial charge < -0.3 is 34.6 Å². The van der Waals surface area contributed by atoms with Gasteiger partial charge in [0.2, 0.25) is 11.8 Å². The molecule has 14 heteroatoms. The third-order valence-corrected chi connectivity index (χ3v) is 12.5. The van der Waals surface area contributed by atoms with E-state index >= 15 is 0 Å². The Morgan fingerprint density at radius 2 is 1.33 bits per heavy atom. The second kappa shape index (κ2) is 19.4. The molecule has 1 unspecified atom stereocenters. The van der Waals surface area contributed by atoms with Crippen LogP contribution in [-0.2, 0) is 25.7 Å². The smallest absolute Gasteiger partial charge is 0.412 e. The van der Waals surface area contributed by atoms with E-state index in [-0.39, 0.29) is 43.5 Å². The minimum atomic E-state index is -0.635. The van der Waals surface area contributed by atoms with E-state index < -0.39 is 18.4 Å². The fourth-order valence-electron chi connectivity index (χ4n) is 9.11. The highest BCUT2D eigenvalue weighted by Crippen LogP contribution is 2.36. The molecule has 4 aromatic carbocycles. The maximum absolute atomic E-state index is 14.0. The van der Waals surface area contributed by atoms with Gasteiger partial charge in [0, 0.05) is 45.6 Å². The van der Waals surface area contributed by atoms with Crippen LogP contribution in [-0.4, -0.2) is 117 Å². The summed E-state index contributed by atoms with van der Waals surface area (Å²) >= 11 is 0. The summed E-state index contributed by atoms with van der Waals surface area (Å²) in [6.07, 6.45) is 4.89. The number of aromatic amines is 2. The third kappa shape index (κ3) is 9.35. The Labute approximate surface area is 373 Å². The van der Waals surface area contributed by atoms with Gasteiger partial charge in [0.25, 0.3) is 0 Å². The molecule has 0 saturated carbocycles. The highest BCUT2D eigenvalue weighted by Gasteiger charge is 2.42. The molecule has 4 atom stereocenters. The van der Waals surface area contributed by atoms with Crippen molar-refractivity contribution in [1.29, 1.82) is 0 Å². The molecule has 0 radical (unpaired) electrons. The van der Waals surface area contributed by atoms with E-state index in [9.17, 15) is 14.4 Å². The number of carbonyl (C=O) groups excluding carboxylic acids is 3. The summed E-state index contributed by atoms with van der Waals surface area (Å²) in [5, 5.41) is 3.28. The van der Waals surface area contributed by atoms with Crippen LogP contribution in [0, 0.1) is 0 Å². The molecule has 64 heavy (non-hydrogen) atoms. The first-order chi connectivity index (χ1) is 31.3. The lowest BCUT2D eigenvalue weighted by Crippen LogP contribution is -2.47. The Kier molecular flexibility index (Phi) is 12.9. The Hall–Kier alpha value is -6.61. The number of imidazole rings is 2. The molecular formula is C50H55N9O5. The van der Waals surface area contributed by atoms with Crippen molar-refractivity contribution in [3.05, 3.63) is 144 Å². The summed E-state index contributed by atoms with van der Waals surface area (Å²) in [7, 11) is 3.90. The monoisotopic (exact) mass is 861 g/mol. The third-order valence-electron chi connectivity index (χ3n) is 12.5. The molecule has 14 nitrogen and oxygen atoms in total. The van der Waals surface area contributed by atoms with Gasteiger partial charge in [-0.2, -0.15) is 0 Å². The molecule has 0 bridgehead atoms. The minimum Gasteiger partial charge on any atom is -0.444 e. The van der Waals surface area contributed by atoms with Crippen molar-refractivity contribution in [1.82, 2.24) is 44.9 Å². The molecule has 3 saturated heterocycles. The van der Waals surface area contributed by atoms with Crippen molar-refractivity contribution in [2.45, 2.75) is 56.6 Å². The second-order valence-electron chi connectivity index (χ2n) is 16.9. The molecule has 2 aromatic heterocycles. The summed E-state index contributed by atoms with van der Waals surface area (Å²) in [6, 6.07) is 35.2. The van der Waals surface area contributed by atoms with E-state index in [4.69, 9.17) is 19.4 Å². The quantitative estimate of drug-likeness (QED) is 0.108. The molecule has 330 valence electrons. The van der Waals surface area contributed by atoms with Crippen LogP contribution in [0.4, 0.5) is 4.79 Å². The topological polar surface area (TPSA) is 152 Å². The lowest BCUT2D eigenvalue weighted by atomic mass is 10.0. The maximum atomic E-state index is 14.0. The van der Waals surface area contributed by atoms with Gasteiger partial charge >= 0.3 is 6.09 Å². The highest BCUT2D eigenvalue weighted by molar-refractivity contribution is 5.84. The fraction of sp³-hybridized carbons (Fsp3) is 0.340. The summed E-state index contributed by atoms with van der Waals surface area (Å²) in [4.78, 5) is 64.6. The van der Waals surface area contributed by atoms with E-state index in [0.29, 0.717) is 31.9 Å². The van der Waals surface area contributed by atoms with Crippen LogP contribution in [0.15, 0.2) is 122 Å². The van der Waals surface area contributed by atoms with Crippen molar-refractivity contribution in [2.75, 3.05) is 53.4 Å². The Balaban J connectivity index is 0.853. The van der Waals surface area contributed by atoms with Crippen molar-refractivity contribution in [2.24, 2.45) is 0 Å². The number of nitrogens with zero attached hydrogens (tertiary/aromatic N) is 6. The first kappa shape index (κ1) is 42.7. The van der Waals surface area contributed by atoms with E-state index in [2.05, 4.69) is 63.8 Å². The van der Waals surface area contributed by atoms with Gasteiger partial charge in [-0.25, -0.2) is 14.8 Å².